The minimum absolute atomic E-state index is 0.131. The van der Waals surface area contributed by atoms with Gasteiger partial charge < -0.3 is 10.5 Å². The molecule has 0 spiro atoms. The van der Waals surface area contributed by atoms with E-state index in [9.17, 15) is 4.79 Å². The Morgan fingerprint density at radius 1 is 1.38 bits per heavy atom. The van der Waals surface area contributed by atoms with Gasteiger partial charge in [0, 0.05) is 6.04 Å². The van der Waals surface area contributed by atoms with Crippen molar-refractivity contribution in [2.24, 2.45) is 5.73 Å². The van der Waals surface area contributed by atoms with Crippen molar-refractivity contribution in [2.45, 2.75) is 39.8 Å². The second-order valence-corrected chi connectivity index (χ2v) is 3.27. The number of amides is 2. The van der Waals surface area contributed by atoms with E-state index in [1.165, 1.54) is 0 Å². The van der Waals surface area contributed by atoms with Crippen molar-refractivity contribution in [2.75, 3.05) is 0 Å². The van der Waals surface area contributed by atoms with Crippen molar-refractivity contribution >= 4 is 12.1 Å². The van der Waals surface area contributed by atoms with Gasteiger partial charge in [-0.05, 0) is 27.7 Å². The zero-order chi connectivity index (χ0) is 10.6. The molecule has 0 atom stereocenters. The van der Waals surface area contributed by atoms with Crippen molar-refractivity contribution in [3.8, 4) is 0 Å². The van der Waals surface area contributed by atoms with Crippen LogP contribution in [0.1, 0.15) is 27.7 Å². The molecule has 76 valence electrons. The maximum absolute atomic E-state index is 10.9. The summed E-state index contributed by atoms with van der Waals surface area (Å²) in [6, 6.07) is -1.03. The van der Waals surface area contributed by atoms with Gasteiger partial charge in [0.05, 0.1) is 6.10 Å². The van der Waals surface area contributed by atoms with E-state index in [-0.39, 0.29) is 18.2 Å². The van der Waals surface area contributed by atoms with Gasteiger partial charge in [-0.1, -0.05) is 0 Å². The van der Waals surface area contributed by atoms with E-state index < -0.39 is 6.03 Å². The van der Waals surface area contributed by atoms with Crippen molar-refractivity contribution in [3.63, 3.8) is 0 Å². The minimum Gasteiger partial charge on any atom is -0.462 e. The van der Waals surface area contributed by atoms with Crippen LogP contribution in [0.5, 0.6) is 0 Å². The lowest BCUT2D eigenvalue weighted by Gasteiger charge is -2.25. The monoisotopic (exact) mass is 187 g/mol. The van der Waals surface area contributed by atoms with E-state index in [1.54, 1.807) is 27.7 Å². The standard InChI is InChI=1S/C8H17N3O2/c1-5(2)11(7(9)12)8(10)13-6(3)4/h5-6,10H,1-4H3,(H2,9,12). The number of carbonyl (C=O) groups is 1. The number of nitrogens with one attached hydrogen (secondary N) is 1. The zero-order valence-electron chi connectivity index (χ0n) is 8.50. The van der Waals surface area contributed by atoms with Gasteiger partial charge in [0.15, 0.2) is 0 Å². The Labute approximate surface area is 78.4 Å². The third-order valence-electron chi connectivity index (χ3n) is 1.32. The van der Waals surface area contributed by atoms with E-state index in [1.807, 2.05) is 0 Å². The molecule has 0 bridgehead atoms. The minimum atomic E-state index is -0.666. The van der Waals surface area contributed by atoms with Crippen LogP contribution in [-0.2, 0) is 4.74 Å². The number of ether oxygens (including phenoxy) is 1. The van der Waals surface area contributed by atoms with E-state index >= 15 is 0 Å². The molecule has 0 aliphatic heterocycles. The molecule has 0 unspecified atom stereocenters. The Kier molecular flexibility index (Phi) is 4.23. The van der Waals surface area contributed by atoms with Crippen LogP contribution in [0.25, 0.3) is 0 Å². The smallest absolute Gasteiger partial charge is 0.323 e. The fraction of sp³-hybridized carbons (Fsp3) is 0.750. The Balaban J connectivity index is 4.38. The Hall–Kier alpha value is -1.26. The van der Waals surface area contributed by atoms with Gasteiger partial charge in [0.25, 0.3) is 6.02 Å². The highest BCUT2D eigenvalue weighted by Gasteiger charge is 2.20. The molecule has 0 aromatic rings. The first kappa shape index (κ1) is 11.7. The zero-order valence-corrected chi connectivity index (χ0v) is 8.50. The molecule has 0 aromatic heterocycles. The summed E-state index contributed by atoms with van der Waals surface area (Å²) in [5, 5.41) is 7.44. The number of nitrogens with zero attached hydrogens (tertiary/aromatic N) is 1. The van der Waals surface area contributed by atoms with E-state index in [4.69, 9.17) is 15.9 Å². The summed E-state index contributed by atoms with van der Waals surface area (Å²) >= 11 is 0. The molecule has 13 heavy (non-hydrogen) atoms. The molecule has 0 fully saturated rings. The summed E-state index contributed by atoms with van der Waals surface area (Å²) < 4.78 is 5.04. The molecule has 0 aliphatic carbocycles. The molecule has 0 heterocycles. The fourth-order valence-corrected chi connectivity index (χ4v) is 0.869. The van der Waals surface area contributed by atoms with Crippen LogP contribution in [0.3, 0.4) is 0 Å². The third-order valence-corrected chi connectivity index (χ3v) is 1.32. The average molecular weight is 187 g/mol. The molecule has 0 saturated carbocycles. The number of primary amides is 1. The van der Waals surface area contributed by atoms with Crippen molar-refractivity contribution < 1.29 is 9.53 Å². The molecule has 0 saturated heterocycles. The summed E-state index contributed by atoms with van der Waals surface area (Å²) in [4.78, 5) is 12.0. The third kappa shape index (κ3) is 3.78. The van der Waals surface area contributed by atoms with Gasteiger partial charge in [-0.25, -0.2) is 9.69 Å². The Bertz CT molecular complexity index is 202. The Morgan fingerprint density at radius 2 is 1.85 bits per heavy atom. The summed E-state index contributed by atoms with van der Waals surface area (Å²) in [6.07, 6.45) is -0.131. The predicted molar refractivity (Wildman–Crippen MR) is 50.5 cm³/mol. The maximum atomic E-state index is 10.9. The summed E-state index contributed by atoms with van der Waals surface area (Å²) in [6.45, 7) is 7.11. The molecule has 2 amide bonds. The predicted octanol–water partition coefficient (Wildman–Crippen LogP) is 1.14. The van der Waals surface area contributed by atoms with Crippen LogP contribution in [0, 0.1) is 5.41 Å². The fourth-order valence-electron chi connectivity index (χ4n) is 0.869. The molecule has 3 N–H and O–H groups in total. The first-order valence-corrected chi connectivity index (χ1v) is 4.20. The van der Waals surface area contributed by atoms with Crippen LogP contribution in [0.15, 0.2) is 0 Å². The van der Waals surface area contributed by atoms with Crippen LogP contribution < -0.4 is 5.73 Å². The van der Waals surface area contributed by atoms with Crippen LogP contribution in [0.2, 0.25) is 0 Å². The first-order valence-electron chi connectivity index (χ1n) is 4.20. The van der Waals surface area contributed by atoms with Crippen LogP contribution >= 0.6 is 0 Å². The summed E-state index contributed by atoms with van der Waals surface area (Å²) in [7, 11) is 0. The Morgan fingerprint density at radius 3 is 2.08 bits per heavy atom. The molecule has 0 aliphatic rings. The second kappa shape index (κ2) is 4.69. The molecule has 5 heteroatoms. The molecule has 0 rings (SSSR count). The first-order chi connectivity index (χ1) is 5.86. The van der Waals surface area contributed by atoms with Crippen LogP contribution in [-0.4, -0.2) is 29.1 Å². The van der Waals surface area contributed by atoms with Gasteiger partial charge >= 0.3 is 6.03 Å². The summed E-state index contributed by atoms with van der Waals surface area (Å²) in [5.74, 6) is 0. The highest BCUT2D eigenvalue weighted by atomic mass is 16.5. The van der Waals surface area contributed by atoms with Gasteiger partial charge in [-0.2, -0.15) is 0 Å². The normalized spacial score (nSPS) is 10.3. The van der Waals surface area contributed by atoms with Crippen molar-refractivity contribution in [1.29, 1.82) is 5.41 Å². The maximum Gasteiger partial charge on any atom is 0.323 e. The molecule has 5 nitrogen and oxygen atoms in total. The molecular formula is C8H17N3O2. The molecule has 0 aromatic carbocycles. The number of nitrogens with two attached hydrogens (primary N) is 1. The SMILES string of the molecule is CC(C)OC(=N)N(C(N)=O)C(C)C. The van der Waals surface area contributed by atoms with E-state index in [0.29, 0.717) is 0 Å². The lowest BCUT2D eigenvalue weighted by atomic mass is 10.3. The number of hydrogen-bond acceptors (Lipinski definition) is 3. The number of hydrogen-bond donors (Lipinski definition) is 2. The largest absolute Gasteiger partial charge is 0.462 e. The number of amidine groups is 1. The summed E-state index contributed by atoms with van der Waals surface area (Å²) in [5.41, 5.74) is 5.08. The van der Waals surface area contributed by atoms with Gasteiger partial charge in [0.2, 0.25) is 0 Å². The number of rotatable bonds is 2. The van der Waals surface area contributed by atoms with Gasteiger partial charge in [-0.15, -0.1) is 0 Å². The topological polar surface area (TPSA) is 79.4 Å². The van der Waals surface area contributed by atoms with Crippen LogP contribution in [0.4, 0.5) is 4.79 Å². The van der Waals surface area contributed by atoms with Gasteiger partial charge in [-0.3, -0.25) is 5.41 Å². The molecule has 0 radical (unpaired) electrons. The van der Waals surface area contributed by atoms with Crippen molar-refractivity contribution in [3.05, 3.63) is 0 Å². The van der Waals surface area contributed by atoms with E-state index in [2.05, 4.69) is 0 Å². The lowest BCUT2D eigenvalue weighted by molar-refractivity contribution is 0.164. The van der Waals surface area contributed by atoms with Gasteiger partial charge in [0.1, 0.15) is 0 Å². The lowest BCUT2D eigenvalue weighted by Crippen LogP contribution is -2.46. The number of urea groups is 1. The molecular weight excluding hydrogens is 170 g/mol. The average Bonchev–Trinajstić information content (AvgIpc) is 1.81. The highest BCUT2D eigenvalue weighted by molar-refractivity contribution is 5.91. The quantitative estimate of drug-likeness (QED) is 0.502. The van der Waals surface area contributed by atoms with E-state index in [0.717, 1.165) is 4.90 Å². The number of carbonyl (C=O) groups excluding carboxylic acids is 1. The highest BCUT2D eigenvalue weighted by Crippen LogP contribution is 2.02. The van der Waals surface area contributed by atoms with Crippen molar-refractivity contribution in [1.82, 2.24) is 4.90 Å². The second-order valence-electron chi connectivity index (χ2n) is 3.27.